The van der Waals surface area contributed by atoms with Gasteiger partial charge < -0.3 is 0 Å². The highest BCUT2D eigenvalue weighted by Gasteiger charge is 1.91. The Kier molecular flexibility index (Phi) is 11.3. The second kappa shape index (κ2) is 10.6. The van der Waals surface area contributed by atoms with E-state index in [2.05, 4.69) is 57.0 Å². The molecule has 0 amide bonds. The number of terminal acetylenes is 1. The Balaban J connectivity index is 0. The summed E-state index contributed by atoms with van der Waals surface area (Å²) in [5.41, 5.74) is 4.00. The molecule has 1 rings (SSSR count). The minimum absolute atomic E-state index is 1.32. The predicted molar refractivity (Wildman–Crippen MR) is 71.9 cm³/mol. The van der Waals surface area contributed by atoms with Crippen LogP contribution in [0.15, 0.2) is 24.3 Å². The first-order valence-electron chi connectivity index (χ1n) is 5.27. The van der Waals surface area contributed by atoms with Crippen LogP contribution in [0.25, 0.3) is 6.08 Å². The Morgan fingerprint density at radius 1 is 1.07 bits per heavy atom. The van der Waals surface area contributed by atoms with Gasteiger partial charge >= 0.3 is 0 Å². The number of benzene rings is 1. The van der Waals surface area contributed by atoms with Crippen molar-refractivity contribution in [1.29, 1.82) is 0 Å². The number of allylic oxidation sites excluding steroid dienone is 1. The van der Waals surface area contributed by atoms with Crippen molar-refractivity contribution in [2.24, 2.45) is 0 Å². The van der Waals surface area contributed by atoms with Gasteiger partial charge in [0.25, 0.3) is 0 Å². The van der Waals surface area contributed by atoms with Crippen molar-refractivity contribution in [2.75, 3.05) is 0 Å². The van der Waals surface area contributed by atoms with Gasteiger partial charge in [-0.05, 0) is 31.9 Å². The van der Waals surface area contributed by atoms with E-state index in [0.717, 1.165) is 0 Å². The summed E-state index contributed by atoms with van der Waals surface area (Å²) >= 11 is 0. The standard InChI is InChI=1S/C11H14.C2H6.C2H2/c1-4-5-11-7-6-9(2)8-10(11)3;2*1-2/h4-8H,1-3H3;1-2H3;1-2H/b5-4-;;. The summed E-state index contributed by atoms with van der Waals surface area (Å²) in [6.07, 6.45) is 12.2. The molecule has 0 aliphatic rings. The normalized spacial score (nSPS) is 8.47. The van der Waals surface area contributed by atoms with Crippen LogP contribution in [0, 0.1) is 26.7 Å². The molecule has 0 saturated heterocycles. The monoisotopic (exact) mass is 202 g/mol. The maximum atomic E-state index is 4.00. The van der Waals surface area contributed by atoms with Gasteiger partial charge in [-0.2, -0.15) is 0 Å². The Bertz CT molecular complexity index is 303. The Morgan fingerprint density at radius 3 is 2.00 bits per heavy atom. The van der Waals surface area contributed by atoms with E-state index in [1.807, 2.05) is 20.8 Å². The third-order valence-corrected chi connectivity index (χ3v) is 1.77. The summed E-state index contributed by atoms with van der Waals surface area (Å²) in [7, 11) is 0. The molecule has 0 saturated carbocycles. The van der Waals surface area contributed by atoms with Crippen molar-refractivity contribution in [1.82, 2.24) is 0 Å². The molecule has 0 aromatic heterocycles. The van der Waals surface area contributed by atoms with Crippen LogP contribution in [-0.2, 0) is 0 Å². The van der Waals surface area contributed by atoms with Crippen molar-refractivity contribution < 1.29 is 0 Å². The fourth-order valence-corrected chi connectivity index (χ4v) is 1.19. The lowest BCUT2D eigenvalue weighted by atomic mass is 10.1. The lowest BCUT2D eigenvalue weighted by Gasteiger charge is -2.00. The van der Waals surface area contributed by atoms with E-state index in [1.165, 1.54) is 16.7 Å². The third kappa shape index (κ3) is 6.57. The largest absolute Gasteiger partial charge is 0.124 e. The molecule has 0 radical (unpaired) electrons. The van der Waals surface area contributed by atoms with Gasteiger partial charge in [0.05, 0.1) is 0 Å². The van der Waals surface area contributed by atoms with Crippen LogP contribution in [0.4, 0.5) is 0 Å². The van der Waals surface area contributed by atoms with Gasteiger partial charge in [-0.15, -0.1) is 12.8 Å². The van der Waals surface area contributed by atoms with E-state index in [4.69, 9.17) is 0 Å². The van der Waals surface area contributed by atoms with Crippen LogP contribution in [0.5, 0.6) is 0 Å². The molecule has 1 aromatic rings. The van der Waals surface area contributed by atoms with Gasteiger partial charge in [0.2, 0.25) is 0 Å². The quantitative estimate of drug-likeness (QED) is 0.583. The van der Waals surface area contributed by atoms with Crippen molar-refractivity contribution in [2.45, 2.75) is 34.6 Å². The lowest BCUT2D eigenvalue weighted by Crippen LogP contribution is -1.80. The van der Waals surface area contributed by atoms with Gasteiger partial charge in [0.15, 0.2) is 0 Å². The SMILES string of the molecule is C#C.C/C=C\c1ccc(C)cc1C.CC. The van der Waals surface area contributed by atoms with Crippen molar-refractivity contribution in [3.8, 4) is 12.8 Å². The summed E-state index contributed by atoms with van der Waals surface area (Å²) in [5.74, 6) is 0. The number of hydrogen-bond acceptors (Lipinski definition) is 0. The van der Waals surface area contributed by atoms with Crippen LogP contribution < -0.4 is 0 Å². The second-order valence-corrected chi connectivity index (χ2v) is 2.86. The molecule has 0 nitrogen and oxygen atoms in total. The molecule has 0 aliphatic carbocycles. The molecule has 0 heteroatoms. The predicted octanol–water partition coefficient (Wildman–Crippen LogP) is 4.61. The average Bonchev–Trinajstić information content (AvgIpc) is 2.28. The molecule has 0 bridgehead atoms. The van der Waals surface area contributed by atoms with Crippen molar-refractivity contribution >= 4 is 6.08 Å². The fraction of sp³-hybridized carbons (Fsp3) is 0.333. The van der Waals surface area contributed by atoms with Gasteiger partial charge in [-0.3, -0.25) is 0 Å². The van der Waals surface area contributed by atoms with Gasteiger partial charge in [0, 0.05) is 0 Å². The van der Waals surface area contributed by atoms with E-state index in [1.54, 1.807) is 0 Å². The molecule has 0 aliphatic heterocycles. The highest BCUT2D eigenvalue weighted by Crippen LogP contribution is 2.11. The summed E-state index contributed by atoms with van der Waals surface area (Å²) < 4.78 is 0. The Hall–Kier alpha value is -1.48. The van der Waals surface area contributed by atoms with Crippen LogP contribution in [-0.4, -0.2) is 0 Å². The summed E-state index contributed by atoms with van der Waals surface area (Å²) in [6, 6.07) is 6.50. The van der Waals surface area contributed by atoms with Gasteiger partial charge in [-0.25, -0.2) is 0 Å². The third-order valence-electron chi connectivity index (χ3n) is 1.77. The van der Waals surface area contributed by atoms with E-state index < -0.39 is 0 Å². The van der Waals surface area contributed by atoms with Gasteiger partial charge in [0.1, 0.15) is 0 Å². The van der Waals surface area contributed by atoms with Crippen LogP contribution >= 0.6 is 0 Å². The van der Waals surface area contributed by atoms with Crippen LogP contribution in [0.2, 0.25) is 0 Å². The topological polar surface area (TPSA) is 0 Å². The summed E-state index contributed by atoms with van der Waals surface area (Å²) in [4.78, 5) is 0. The van der Waals surface area contributed by atoms with E-state index >= 15 is 0 Å². The lowest BCUT2D eigenvalue weighted by molar-refractivity contribution is 1.37. The van der Waals surface area contributed by atoms with E-state index in [9.17, 15) is 0 Å². The van der Waals surface area contributed by atoms with E-state index in [0.29, 0.717) is 0 Å². The molecule has 0 N–H and O–H groups in total. The zero-order valence-corrected chi connectivity index (χ0v) is 10.5. The molecule has 0 fully saturated rings. The number of rotatable bonds is 1. The maximum absolute atomic E-state index is 4.00. The second-order valence-electron chi connectivity index (χ2n) is 2.86. The molecule has 0 spiro atoms. The highest BCUT2D eigenvalue weighted by atomic mass is 14.0. The summed E-state index contributed by atoms with van der Waals surface area (Å²) in [6.45, 7) is 10.3. The number of aryl methyl sites for hydroxylation is 2. The van der Waals surface area contributed by atoms with Crippen molar-refractivity contribution in [3.63, 3.8) is 0 Å². The molecule has 82 valence electrons. The first-order valence-corrected chi connectivity index (χ1v) is 5.27. The molecular formula is C15H22. The van der Waals surface area contributed by atoms with E-state index in [-0.39, 0.29) is 0 Å². The minimum Gasteiger partial charge on any atom is -0.124 e. The van der Waals surface area contributed by atoms with Crippen molar-refractivity contribution in [3.05, 3.63) is 41.0 Å². The molecule has 0 unspecified atom stereocenters. The highest BCUT2D eigenvalue weighted by molar-refractivity contribution is 5.53. The molecule has 1 aromatic carbocycles. The smallest absolute Gasteiger partial charge is 0.0230 e. The first-order chi connectivity index (χ1) is 7.24. The minimum atomic E-state index is 1.32. The molecule has 0 heterocycles. The zero-order valence-electron chi connectivity index (χ0n) is 10.5. The zero-order chi connectivity index (χ0) is 12.3. The molecular weight excluding hydrogens is 180 g/mol. The average molecular weight is 202 g/mol. The number of hydrogen-bond donors (Lipinski definition) is 0. The fourth-order valence-electron chi connectivity index (χ4n) is 1.19. The maximum Gasteiger partial charge on any atom is -0.0230 e. The Labute approximate surface area is 95.0 Å². The van der Waals surface area contributed by atoms with Gasteiger partial charge in [-0.1, -0.05) is 49.8 Å². The Morgan fingerprint density at radius 2 is 1.60 bits per heavy atom. The summed E-state index contributed by atoms with van der Waals surface area (Å²) in [5, 5.41) is 0. The molecule has 0 atom stereocenters. The van der Waals surface area contributed by atoms with Crippen LogP contribution in [0.3, 0.4) is 0 Å². The molecule has 15 heavy (non-hydrogen) atoms. The van der Waals surface area contributed by atoms with Crippen LogP contribution in [0.1, 0.15) is 37.5 Å². The first kappa shape index (κ1) is 16.0.